The molecule has 3 rings (SSSR count). The highest BCUT2D eigenvalue weighted by Crippen LogP contribution is 2.35. The molecule has 0 aliphatic carbocycles. The number of piperazine rings is 1. The molecule has 2 aromatic heterocycles. The van der Waals surface area contributed by atoms with Gasteiger partial charge in [0.15, 0.2) is 0 Å². The average Bonchev–Trinajstić information content (AvgIpc) is 2.81. The fourth-order valence-corrected chi connectivity index (χ4v) is 3.98. The van der Waals surface area contributed by atoms with Gasteiger partial charge in [0, 0.05) is 37.5 Å². The van der Waals surface area contributed by atoms with Crippen molar-refractivity contribution in [1.82, 2.24) is 14.9 Å². The van der Waals surface area contributed by atoms with E-state index in [-0.39, 0.29) is 0 Å². The van der Waals surface area contributed by atoms with E-state index in [2.05, 4.69) is 37.5 Å². The second-order valence-electron chi connectivity index (χ2n) is 5.70. The Bertz CT molecular complexity index is 641. The normalized spacial score (nSPS) is 16.9. The molecular weight excluding hydrogens is 280 g/mol. The van der Waals surface area contributed by atoms with E-state index in [1.165, 1.54) is 15.8 Å². The second kappa shape index (κ2) is 5.89. The van der Waals surface area contributed by atoms with E-state index in [4.69, 9.17) is 9.97 Å². The monoisotopic (exact) mass is 304 g/mol. The number of likely N-dealkylation sites (N-methyl/N-ethyl adjacent to an activating group) is 1. The SMILES string of the molecule is CCc1nc(N2CCN(CC)CC2)c2c(C)c(C)sc2n1. The van der Waals surface area contributed by atoms with Crippen LogP contribution in [0.4, 0.5) is 5.82 Å². The molecule has 4 nitrogen and oxygen atoms in total. The van der Waals surface area contributed by atoms with Crippen LogP contribution in [0.5, 0.6) is 0 Å². The predicted octanol–water partition coefficient (Wildman–Crippen LogP) is 3.01. The minimum Gasteiger partial charge on any atom is -0.353 e. The van der Waals surface area contributed by atoms with Crippen molar-refractivity contribution < 1.29 is 0 Å². The summed E-state index contributed by atoms with van der Waals surface area (Å²) in [4.78, 5) is 17.1. The third-order valence-electron chi connectivity index (χ3n) is 4.49. The van der Waals surface area contributed by atoms with Crippen LogP contribution in [0.3, 0.4) is 0 Å². The first-order valence-corrected chi connectivity index (χ1v) is 8.69. The Morgan fingerprint density at radius 1 is 1.05 bits per heavy atom. The molecule has 1 saturated heterocycles. The minimum atomic E-state index is 0.897. The van der Waals surface area contributed by atoms with Gasteiger partial charge in [-0.25, -0.2) is 9.97 Å². The number of rotatable bonds is 3. The number of anilines is 1. The fraction of sp³-hybridized carbons (Fsp3) is 0.625. The van der Waals surface area contributed by atoms with Crippen LogP contribution in [0, 0.1) is 13.8 Å². The number of aryl methyl sites for hydroxylation is 3. The van der Waals surface area contributed by atoms with E-state index in [1.807, 2.05) is 0 Å². The summed E-state index contributed by atoms with van der Waals surface area (Å²) in [6.45, 7) is 14.3. The lowest BCUT2D eigenvalue weighted by atomic mass is 10.2. The van der Waals surface area contributed by atoms with Crippen molar-refractivity contribution in [2.24, 2.45) is 0 Å². The molecule has 3 heterocycles. The summed E-state index contributed by atoms with van der Waals surface area (Å²) < 4.78 is 0. The number of fused-ring (bicyclic) bond motifs is 1. The van der Waals surface area contributed by atoms with Gasteiger partial charge < -0.3 is 9.80 Å². The number of thiophene rings is 1. The summed E-state index contributed by atoms with van der Waals surface area (Å²) in [7, 11) is 0. The van der Waals surface area contributed by atoms with Gasteiger partial charge in [0.2, 0.25) is 0 Å². The van der Waals surface area contributed by atoms with Crippen molar-refractivity contribution in [1.29, 1.82) is 0 Å². The van der Waals surface area contributed by atoms with Crippen LogP contribution in [0.1, 0.15) is 30.1 Å². The zero-order valence-electron chi connectivity index (χ0n) is 13.4. The molecule has 0 radical (unpaired) electrons. The second-order valence-corrected chi connectivity index (χ2v) is 6.90. The first-order chi connectivity index (χ1) is 10.1. The Labute approximate surface area is 130 Å². The summed E-state index contributed by atoms with van der Waals surface area (Å²) >= 11 is 1.80. The number of aromatic nitrogens is 2. The van der Waals surface area contributed by atoms with Gasteiger partial charge in [-0.15, -0.1) is 11.3 Å². The maximum atomic E-state index is 4.87. The summed E-state index contributed by atoms with van der Waals surface area (Å²) in [5.41, 5.74) is 1.35. The predicted molar refractivity (Wildman–Crippen MR) is 90.6 cm³/mol. The summed E-state index contributed by atoms with van der Waals surface area (Å²) in [5, 5.41) is 1.28. The number of hydrogen-bond acceptors (Lipinski definition) is 5. The van der Waals surface area contributed by atoms with Crippen LogP contribution in [0.2, 0.25) is 0 Å². The highest BCUT2D eigenvalue weighted by atomic mass is 32.1. The molecule has 1 fully saturated rings. The highest BCUT2D eigenvalue weighted by molar-refractivity contribution is 7.18. The molecule has 0 amide bonds. The van der Waals surface area contributed by atoms with E-state index in [0.29, 0.717) is 0 Å². The quantitative estimate of drug-likeness (QED) is 0.872. The topological polar surface area (TPSA) is 32.3 Å². The molecule has 0 bridgehead atoms. The van der Waals surface area contributed by atoms with Crippen molar-refractivity contribution in [3.05, 3.63) is 16.3 Å². The first kappa shape index (κ1) is 14.7. The van der Waals surface area contributed by atoms with Gasteiger partial charge in [0.05, 0.1) is 5.39 Å². The van der Waals surface area contributed by atoms with E-state index in [0.717, 1.165) is 55.6 Å². The van der Waals surface area contributed by atoms with Gasteiger partial charge in [-0.2, -0.15) is 0 Å². The molecule has 0 aromatic carbocycles. The molecule has 0 atom stereocenters. The van der Waals surface area contributed by atoms with Crippen molar-refractivity contribution >= 4 is 27.4 Å². The average molecular weight is 304 g/mol. The number of hydrogen-bond donors (Lipinski definition) is 0. The van der Waals surface area contributed by atoms with Crippen LogP contribution in [0.15, 0.2) is 0 Å². The van der Waals surface area contributed by atoms with Gasteiger partial charge >= 0.3 is 0 Å². The van der Waals surface area contributed by atoms with E-state index in [9.17, 15) is 0 Å². The maximum Gasteiger partial charge on any atom is 0.141 e. The van der Waals surface area contributed by atoms with Crippen LogP contribution in [-0.4, -0.2) is 47.6 Å². The molecule has 1 aliphatic heterocycles. The van der Waals surface area contributed by atoms with Crippen molar-refractivity contribution in [3.8, 4) is 0 Å². The largest absolute Gasteiger partial charge is 0.353 e. The van der Waals surface area contributed by atoms with Gasteiger partial charge in [0.1, 0.15) is 16.5 Å². The molecule has 5 heteroatoms. The molecule has 0 unspecified atom stereocenters. The lowest BCUT2D eigenvalue weighted by Crippen LogP contribution is -2.46. The van der Waals surface area contributed by atoms with Gasteiger partial charge in [0.25, 0.3) is 0 Å². The standard InChI is InChI=1S/C16H24N4S/c1-5-13-17-15(20-9-7-19(6-2)8-10-20)14-11(3)12(4)21-16(14)18-13/h5-10H2,1-4H3. The molecular formula is C16H24N4S. The number of nitrogens with zero attached hydrogens (tertiary/aromatic N) is 4. The first-order valence-electron chi connectivity index (χ1n) is 7.88. The van der Waals surface area contributed by atoms with Crippen LogP contribution >= 0.6 is 11.3 Å². The molecule has 0 spiro atoms. The maximum absolute atomic E-state index is 4.87. The van der Waals surface area contributed by atoms with Crippen LogP contribution in [0.25, 0.3) is 10.2 Å². The Kier molecular flexibility index (Phi) is 4.13. The Morgan fingerprint density at radius 2 is 1.76 bits per heavy atom. The van der Waals surface area contributed by atoms with Gasteiger partial charge in [-0.1, -0.05) is 13.8 Å². The van der Waals surface area contributed by atoms with Crippen molar-refractivity contribution in [3.63, 3.8) is 0 Å². The molecule has 2 aromatic rings. The zero-order chi connectivity index (χ0) is 15.0. The van der Waals surface area contributed by atoms with Gasteiger partial charge in [-0.3, -0.25) is 0 Å². The van der Waals surface area contributed by atoms with Crippen LogP contribution < -0.4 is 4.90 Å². The lowest BCUT2D eigenvalue weighted by Gasteiger charge is -2.35. The molecule has 0 saturated carbocycles. The summed E-state index contributed by atoms with van der Waals surface area (Å²) in [5.74, 6) is 2.13. The van der Waals surface area contributed by atoms with Gasteiger partial charge in [-0.05, 0) is 26.0 Å². The summed E-state index contributed by atoms with van der Waals surface area (Å²) in [6, 6.07) is 0. The van der Waals surface area contributed by atoms with Crippen molar-refractivity contribution in [2.45, 2.75) is 34.1 Å². The zero-order valence-corrected chi connectivity index (χ0v) is 14.3. The molecule has 21 heavy (non-hydrogen) atoms. The third kappa shape index (κ3) is 2.64. The van der Waals surface area contributed by atoms with E-state index >= 15 is 0 Å². The third-order valence-corrected chi connectivity index (χ3v) is 5.59. The molecule has 0 N–H and O–H groups in total. The lowest BCUT2D eigenvalue weighted by molar-refractivity contribution is 0.270. The highest BCUT2D eigenvalue weighted by Gasteiger charge is 2.22. The van der Waals surface area contributed by atoms with Crippen LogP contribution in [-0.2, 0) is 6.42 Å². The molecule has 1 aliphatic rings. The smallest absolute Gasteiger partial charge is 0.141 e. The van der Waals surface area contributed by atoms with Crippen molar-refractivity contribution in [2.75, 3.05) is 37.6 Å². The summed E-state index contributed by atoms with van der Waals surface area (Å²) in [6.07, 6.45) is 0.897. The minimum absolute atomic E-state index is 0.897. The molecule has 114 valence electrons. The Hall–Kier alpha value is -1.20. The Balaban J connectivity index is 2.04. The fourth-order valence-electron chi connectivity index (χ4n) is 2.93. The van der Waals surface area contributed by atoms with E-state index < -0.39 is 0 Å². The van der Waals surface area contributed by atoms with E-state index in [1.54, 1.807) is 11.3 Å². The Morgan fingerprint density at radius 3 is 2.38 bits per heavy atom.